The lowest BCUT2D eigenvalue weighted by Gasteiger charge is -2.26. The molecule has 0 radical (unpaired) electrons. The summed E-state index contributed by atoms with van der Waals surface area (Å²) in [5.41, 5.74) is 2.51. The Hall–Kier alpha value is -3.02. The number of fused-ring (bicyclic) bond motifs is 1. The van der Waals surface area contributed by atoms with Crippen molar-refractivity contribution in [1.29, 1.82) is 0 Å². The molecule has 3 amide bonds. The second kappa shape index (κ2) is 7.31. The molecule has 6 nitrogen and oxygen atoms in total. The zero-order chi connectivity index (χ0) is 19.6. The number of benzene rings is 2. The number of nitrogens with one attached hydrogen (secondary N) is 2. The van der Waals surface area contributed by atoms with Crippen LogP contribution in [0.1, 0.15) is 26.3 Å². The summed E-state index contributed by atoms with van der Waals surface area (Å²) in [5.74, 6) is 0.616. The summed E-state index contributed by atoms with van der Waals surface area (Å²) in [6.45, 7) is 8.49. The maximum Gasteiger partial charge on any atom is 0.323 e. The lowest BCUT2D eigenvalue weighted by Crippen LogP contribution is -2.42. The lowest BCUT2D eigenvalue weighted by atomic mass is 9.93. The van der Waals surface area contributed by atoms with Crippen molar-refractivity contribution < 1.29 is 14.3 Å². The third-order valence-electron chi connectivity index (χ3n) is 4.51. The van der Waals surface area contributed by atoms with E-state index in [9.17, 15) is 9.59 Å². The van der Waals surface area contributed by atoms with E-state index in [1.807, 2.05) is 52.0 Å². The zero-order valence-electron chi connectivity index (χ0n) is 16.1. The molecule has 0 unspecified atom stereocenters. The first-order chi connectivity index (χ1) is 12.8. The van der Waals surface area contributed by atoms with E-state index < -0.39 is 5.41 Å². The van der Waals surface area contributed by atoms with Crippen LogP contribution in [-0.4, -0.2) is 25.1 Å². The SMILES string of the molecule is CCN1C(=O)C(C)(C)COc2cc(NC(=O)Nc3cccc(C)c3)ccc21. The molecule has 0 fully saturated rings. The van der Waals surface area contributed by atoms with Crippen molar-refractivity contribution in [1.82, 2.24) is 0 Å². The first-order valence-corrected chi connectivity index (χ1v) is 9.03. The van der Waals surface area contributed by atoms with Crippen LogP contribution in [0, 0.1) is 12.3 Å². The average molecular weight is 367 g/mol. The van der Waals surface area contributed by atoms with E-state index in [2.05, 4.69) is 10.6 Å². The molecule has 2 N–H and O–H groups in total. The minimum absolute atomic E-state index is 0.0293. The molecule has 0 spiro atoms. The number of ether oxygens (including phenoxy) is 1. The van der Waals surface area contributed by atoms with Gasteiger partial charge in [0.05, 0.1) is 11.1 Å². The number of nitrogens with zero attached hydrogens (tertiary/aromatic N) is 1. The molecule has 0 atom stereocenters. The van der Waals surface area contributed by atoms with Gasteiger partial charge in [-0.1, -0.05) is 12.1 Å². The average Bonchev–Trinajstić information content (AvgIpc) is 2.70. The quantitative estimate of drug-likeness (QED) is 0.844. The highest BCUT2D eigenvalue weighted by atomic mass is 16.5. The van der Waals surface area contributed by atoms with Crippen molar-refractivity contribution in [2.24, 2.45) is 5.41 Å². The van der Waals surface area contributed by atoms with Crippen molar-refractivity contribution in [2.75, 3.05) is 28.7 Å². The van der Waals surface area contributed by atoms with E-state index >= 15 is 0 Å². The Kier molecular flexibility index (Phi) is 5.08. The minimum Gasteiger partial charge on any atom is -0.490 e. The summed E-state index contributed by atoms with van der Waals surface area (Å²) in [6, 6.07) is 12.6. The maximum atomic E-state index is 12.7. The second-order valence-corrected chi connectivity index (χ2v) is 7.35. The second-order valence-electron chi connectivity index (χ2n) is 7.35. The number of hydrogen-bond acceptors (Lipinski definition) is 3. The minimum atomic E-state index is -0.606. The Morgan fingerprint density at radius 1 is 1.15 bits per heavy atom. The summed E-state index contributed by atoms with van der Waals surface area (Å²) in [6.07, 6.45) is 0. The van der Waals surface area contributed by atoms with Crippen molar-refractivity contribution in [3.05, 3.63) is 48.0 Å². The fourth-order valence-electron chi connectivity index (χ4n) is 3.06. The molecule has 1 heterocycles. The van der Waals surface area contributed by atoms with Crippen LogP contribution in [0.3, 0.4) is 0 Å². The molecule has 0 aromatic heterocycles. The number of anilines is 3. The zero-order valence-corrected chi connectivity index (χ0v) is 16.1. The van der Waals surface area contributed by atoms with E-state index in [1.54, 1.807) is 23.1 Å². The van der Waals surface area contributed by atoms with Crippen molar-refractivity contribution in [3.8, 4) is 5.75 Å². The van der Waals surface area contributed by atoms with Crippen LogP contribution in [-0.2, 0) is 4.79 Å². The monoisotopic (exact) mass is 367 g/mol. The Labute approximate surface area is 159 Å². The predicted octanol–water partition coefficient (Wildman–Crippen LogP) is 4.41. The molecule has 0 saturated heterocycles. The molecule has 3 rings (SSSR count). The van der Waals surface area contributed by atoms with Gasteiger partial charge in [0.1, 0.15) is 12.4 Å². The summed E-state index contributed by atoms with van der Waals surface area (Å²) >= 11 is 0. The number of aryl methyl sites for hydroxylation is 1. The summed E-state index contributed by atoms with van der Waals surface area (Å²) in [4.78, 5) is 26.7. The molecule has 1 aliphatic heterocycles. The van der Waals surface area contributed by atoms with Crippen molar-refractivity contribution in [2.45, 2.75) is 27.7 Å². The first-order valence-electron chi connectivity index (χ1n) is 9.03. The molecule has 2 aromatic rings. The molecular formula is C21H25N3O3. The molecule has 27 heavy (non-hydrogen) atoms. The number of urea groups is 1. The highest BCUT2D eigenvalue weighted by Gasteiger charge is 2.37. The van der Waals surface area contributed by atoms with Crippen LogP contribution in [0.25, 0.3) is 0 Å². The first kappa shape index (κ1) is 18.8. The molecule has 6 heteroatoms. The van der Waals surface area contributed by atoms with Crippen LogP contribution in [0.2, 0.25) is 0 Å². The van der Waals surface area contributed by atoms with Crippen LogP contribution in [0.5, 0.6) is 5.75 Å². The largest absolute Gasteiger partial charge is 0.490 e. The van der Waals surface area contributed by atoms with Gasteiger partial charge in [0, 0.05) is 24.0 Å². The van der Waals surface area contributed by atoms with E-state index in [-0.39, 0.29) is 18.5 Å². The van der Waals surface area contributed by atoms with E-state index in [0.29, 0.717) is 18.0 Å². The topological polar surface area (TPSA) is 70.7 Å². The Bertz CT molecular complexity index is 877. The number of carbonyl (C=O) groups excluding carboxylic acids is 2. The molecule has 0 saturated carbocycles. The van der Waals surface area contributed by atoms with Gasteiger partial charge in [-0.15, -0.1) is 0 Å². The van der Waals surface area contributed by atoms with Crippen molar-refractivity contribution >= 4 is 29.0 Å². The van der Waals surface area contributed by atoms with E-state index in [1.165, 1.54) is 0 Å². The van der Waals surface area contributed by atoms with Gasteiger partial charge in [0.25, 0.3) is 0 Å². The Morgan fingerprint density at radius 2 is 1.85 bits per heavy atom. The van der Waals surface area contributed by atoms with Gasteiger partial charge in [-0.05, 0) is 57.5 Å². The van der Waals surface area contributed by atoms with E-state index in [0.717, 1.165) is 16.9 Å². The number of rotatable bonds is 3. The van der Waals surface area contributed by atoms with Crippen LogP contribution >= 0.6 is 0 Å². The van der Waals surface area contributed by atoms with E-state index in [4.69, 9.17) is 4.74 Å². The van der Waals surface area contributed by atoms with Gasteiger partial charge in [-0.3, -0.25) is 4.79 Å². The maximum absolute atomic E-state index is 12.7. The van der Waals surface area contributed by atoms with Gasteiger partial charge >= 0.3 is 6.03 Å². The molecule has 1 aliphatic rings. The summed E-state index contributed by atoms with van der Waals surface area (Å²) < 4.78 is 5.89. The third-order valence-corrected chi connectivity index (χ3v) is 4.51. The molecule has 0 aliphatic carbocycles. The summed E-state index contributed by atoms with van der Waals surface area (Å²) in [7, 11) is 0. The Balaban J connectivity index is 1.79. The van der Waals surface area contributed by atoms with Gasteiger partial charge in [-0.2, -0.15) is 0 Å². The normalized spacial score (nSPS) is 15.4. The fraction of sp³-hybridized carbons (Fsp3) is 0.333. The lowest BCUT2D eigenvalue weighted by molar-refractivity contribution is -0.127. The summed E-state index contributed by atoms with van der Waals surface area (Å²) in [5, 5.41) is 5.62. The molecular weight excluding hydrogens is 342 g/mol. The molecule has 142 valence electrons. The van der Waals surface area contributed by atoms with Gasteiger partial charge in [-0.25, -0.2) is 4.79 Å². The highest BCUT2D eigenvalue weighted by molar-refractivity contribution is 6.02. The predicted molar refractivity (Wildman–Crippen MR) is 108 cm³/mol. The van der Waals surface area contributed by atoms with Crippen molar-refractivity contribution in [3.63, 3.8) is 0 Å². The van der Waals surface area contributed by atoms with Gasteiger partial charge in [0.15, 0.2) is 0 Å². The van der Waals surface area contributed by atoms with Gasteiger partial charge in [0.2, 0.25) is 5.91 Å². The smallest absolute Gasteiger partial charge is 0.323 e. The number of amides is 3. The highest BCUT2D eigenvalue weighted by Crippen LogP contribution is 2.38. The molecule has 0 bridgehead atoms. The number of hydrogen-bond donors (Lipinski definition) is 2. The Morgan fingerprint density at radius 3 is 2.52 bits per heavy atom. The molecule has 2 aromatic carbocycles. The fourth-order valence-corrected chi connectivity index (χ4v) is 3.06. The standard InChI is InChI=1S/C21H25N3O3/c1-5-24-17-10-9-16(12-18(17)27-13-21(3,4)19(24)25)23-20(26)22-15-8-6-7-14(2)11-15/h6-12H,5,13H2,1-4H3,(H2,22,23,26). The van der Waals surface area contributed by atoms with Crippen LogP contribution in [0.4, 0.5) is 21.9 Å². The van der Waals surface area contributed by atoms with Crippen LogP contribution in [0.15, 0.2) is 42.5 Å². The van der Waals surface area contributed by atoms with Crippen LogP contribution < -0.4 is 20.3 Å². The van der Waals surface area contributed by atoms with Gasteiger partial charge < -0.3 is 20.3 Å². The number of carbonyl (C=O) groups is 2. The third kappa shape index (κ3) is 4.05.